The number of nitrogens with zero attached hydrogens (tertiary/aromatic N) is 3. The van der Waals surface area contributed by atoms with Crippen LogP contribution in [0.15, 0.2) is 23.3 Å². The average molecular weight is 322 g/mol. The summed E-state index contributed by atoms with van der Waals surface area (Å²) in [6.45, 7) is 8.39. The van der Waals surface area contributed by atoms with E-state index in [-0.39, 0.29) is 5.82 Å². The van der Waals surface area contributed by atoms with E-state index in [0.29, 0.717) is 17.0 Å². The van der Waals surface area contributed by atoms with E-state index in [9.17, 15) is 9.18 Å². The van der Waals surface area contributed by atoms with Crippen LogP contribution in [0, 0.1) is 5.82 Å². The van der Waals surface area contributed by atoms with Gasteiger partial charge in [0.15, 0.2) is 0 Å². The normalized spacial score (nSPS) is 16.3. The van der Waals surface area contributed by atoms with Crippen molar-refractivity contribution in [2.45, 2.75) is 13.8 Å². The lowest BCUT2D eigenvalue weighted by molar-refractivity contribution is 0.171. The quantitative estimate of drug-likeness (QED) is 0.681. The van der Waals surface area contributed by atoms with Gasteiger partial charge in [-0.25, -0.2) is 14.6 Å². The summed E-state index contributed by atoms with van der Waals surface area (Å²) in [6, 6.07) is 5.02. The summed E-state index contributed by atoms with van der Waals surface area (Å²) in [5.41, 5.74) is 3.97. The first-order valence-electron chi connectivity index (χ1n) is 7.70. The van der Waals surface area contributed by atoms with Crippen LogP contribution in [-0.4, -0.2) is 56.5 Å². The third-order valence-electron chi connectivity index (χ3n) is 4.03. The number of amides is 1. The van der Waals surface area contributed by atoms with Crippen molar-refractivity contribution in [2.24, 2.45) is 5.10 Å². The van der Waals surface area contributed by atoms with Gasteiger partial charge >= 0.3 is 6.09 Å². The van der Waals surface area contributed by atoms with Crippen LogP contribution in [0.3, 0.4) is 0 Å². The Balaban J connectivity index is 2.07. The van der Waals surface area contributed by atoms with E-state index in [2.05, 4.69) is 32.0 Å². The number of likely N-dealkylation sites (N-methyl/N-ethyl adjacent to an activating group) is 1. The van der Waals surface area contributed by atoms with Gasteiger partial charge in [-0.1, -0.05) is 13.0 Å². The molecule has 0 bridgehead atoms. The highest BCUT2D eigenvalue weighted by Crippen LogP contribution is 2.22. The molecule has 1 heterocycles. The number of ether oxygens (including phenoxy) is 1. The Kier molecular flexibility index (Phi) is 5.92. The molecular formula is C16H23FN4O2. The summed E-state index contributed by atoms with van der Waals surface area (Å²) in [5.74, 6) is -0.278. The number of anilines is 1. The topological polar surface area (TPSA) is 57.2 Å². The number of hydrazone groups is 1. The van der Waals surface area contributed by atoms with E-state index >= 15 is 0 Å². The molecule has 1 aliphatic rings. The molecular weight excluding hydrogens is 299 g/mol. The van der Waals surface area contributed by atoms with E-state index < -0.39 is 6.09 Å². The van der Waals surface area contributed by atoms with Crippen molar-refractivity contribution in [1.82, 2.24) is 10.3 Å². The van der Waals surface area contributed by atoms with E-state index in [4.69, 9.17) is 0 Å². The molecule has 1 fully saturated rings. The highest BCUT2D eigenvalue weighted by molar-refractivity contribution is 5.99. The molecule has 7 heteroatoms. The lowest BCUT2D eigenvalue weighted by Gasteiger charge is -2.35. The van der Waals surface area contributed by atoms with Crippen molar-refractivity contribution in [3.8, 4) is 0 Å². The van der Waals surface area contributed by atoms with Crippen LogP contribution in [0.4, 0.5) is 14.9 Å². The minimum Gasteiger partial charge on any atom is -0.452 e. The number of halogens is 1. The zero-order chi connectivity index (χ0) is 16.8. The largest absolute Gasteiger partial charge is 0.452 e. The third-order valence-corrected chi connectivity index (χ3v) is 4.03. The number of methoxy groups -OCH3 is 1. The molecule has 1 aromatic carbocycles. The standard InChI is InChI=1S/C16H23FN4O2/c1-4-20-7-9-21(10-8-20)15-6-5-13(11-14(15)17)12(2)18-19-16(22)23-3/h5-6,11H,4,7-10H2,1-3H3,(H,19,22)/b18-12-. The molecule has 0 aliphatic carbocycles. The molecule has 6 nitrogen and oxygen atoms in total. The van der Waals surface area contributed by atoms with Crippen LogP contribution in [0.25, 0.3) is 0 Å². The van der Waals surface area contributed by atoms with E-state index in [1.54, 1.807) is 13.0 Å². The zero-order valence-electron chi connectivity index (χ0n) is 13.8. The Labute approximate surface area is 135 Å². The van der Waals surface area contributed by atoms with Crippen molar-refractivity contribution in [3.05, 3.63) is 29.6 Å². The summed E-state index contributed by atoms with van der Waals surface area (Å²) in [4.78, 5) is 15.4. The molecule has 1 N–H and O–H groups in total. The fraction of sp³-hybridized carbons (Fsp3) is 0.500. The molecule has 0 radical (unpaired) electrons. The number of piperazine rings is 1. The molecule has 0 unspecified atom stereocenters. The molecule has 0 spiro atoms. The molecule has 126 valence electrons. The van der Waals surface area contributed by atoms with E-state index in [1.807, 2.05) is 6.07 Å². The van der Waals surface area contributed by atoms with Gasteiger partial charge in [0.2, 0.25) is 0 Å². The number of hydrogen-bond acceptors (Lipinski definition) is 5. The number of carbonyl (C=O) groups is 1. The second kappa shape index (κ2) is 7.92. The summed E-state index contributed by atoms with van der Waals surface area (Å²) >= 11 is 0. The Morgan fingerprint density at radius 2 is 2.04 bits per heavy atom. The van der Waals surface area contributed by atoms with Gasteiger partial charge in [0, 0.05) is 31.7 Å². The number of carbonyl (C=O) groups excluding carboxylic acids is 1. The highest BCUT2D eigenvalue weighted by atomic mass is 19.1. The Morgan fingerprint density at radius 1 is 1.35 bits per heavy atom. The van der Waals surface area contributed by atoms with Crippen molar-refractivity contribution in [3.63, 3.8) is 0 Å². The molecule has 1 aromatic rings. The minimum atomic E-state index is -0.657. The SMILES string of the molecule is CCN1CCN(c2ccc(/C(C)=N\NC(=O)OC)cc2F)CC1. The molecule has 0 saturated carbocycles. The van der Waals surface area contributed by atoms with Crippen LogP contribution in [0.5, 0.6) is 0 Å². The minimum absolute atomic E-state index is 0.278. The van der Waals surface area contributed by atoms with Gasteiger partial charge in [-0.15, -0.1) is 0 Å². The Hall–Kier alpha value is -2.15. The molecule has 1 saturated heterocycles. The summed E-state index contributed by atoms with van der Waals surface area (Å²) in [7, 11) is 1.26. The molecule has 1 aliphatic heterocycles. The smallest absolute Gasteiger partial charge is 0.427 e. The monoisotopic (exact) mass is 322 g/mol. The van der Waals surface area contributed by atoms with Gasteiger partial charge < -0.3 is 14.5 Å². The van der Waals surface area contributed by atoms with Crippen molar-refractivity contribution >= 4 is 17.5 Å². The molecule has 0 atom stereocenters. The van der Waals surface area contributed by atoms with Crippen molar-refractivity contribution in [2.75, 3.05) is 44.7 Å². The third kappa shape index (κ3) is 4.41. The number of hydrogen-bond donors (Lipinski definition) is 1. The first-order valence-corrected chi connectivity index (χ1v) is 7.70. The van der Waals surface area contributed by atoms with Gasteiger partial charge in [-0.3, -0.25) is 0 Å². The fourth-order valence-corrected chi connectivity index (χ4v) is 2.53. The van der Waals surface area contributed by atoms with Crippen LogP contribution in [0.1, 0.15) is 19.4 Å². The number of benzene rings is 1. The first kappa shape index (κ1) is 17.2. The second-order valence-corrected chi connectivity index (χ2v) is 5.39. The second-order valence-electron chi connectivity index (χ2n) is 5.39. The lowest BCUT2D eigenvalue weighted by Crippen LogP contribution is -2.46. The van der Waals surface area contributed by atoms with Crippen LogP contribution in [-0.2, 0) is 4.74 Å². The molecule has 23 heavy (non-hydrogen) atoms. The first-order chi connectivity index (χ1) is 11.0. The molecule has 1 amide bonds. The summed E-state index contributed by atoms with van der Waals surface area (Å²) in [5, 5.41) is 3.87. The average Bonchev–Trinajstić information content (AvgIpc) is 2.59. The van der Waals surface area contributed by atoms with Crippen molar-refractivity contribution in [1.29, 1.82) is 0 Å². The van der Waals surface area contributed by atoms with Gasteiger partial charge in [-0.2, -0.15) is 5.10 Å². The van der Waals surface area contributed by atoms with Gasteiger partial charge in [0.25, 0.3) is 0 Å². The van der Waals surface area contributed by atoms with Crippen LogP contribution < -0.4 is 10.3 Å². The van der Waals surface area contributed by atoms with Crippen LogP contribution >= 0.6 is 0 Å². The van der Waals surface area contributed by atoms with Gasteiger partial charge in [-0.05, 0) is 25.6 Å². The highest BCUT2D eigenvalue weighted by Gasteiger charge is 2.18. The predicted octanol–water partition coefficient (Wildman–Crippen LogP) is 2.05. The lowest BCUT2D eigenvalue weighted by atomic mass is 10.1. The predicted molar refractivity (Wildman–Crippen MR) is 88.5 cm³/mol. The Bertz CT molecular complexity index is 583. The summed E-state index contributed by atoms with van der Waals surface area (Å²) in [6.07, 6.45) is -0.657. The maximum Gasteiger partial charge on any atom is 0.427 e. The maximum atomic E-state index is 14.4. The van der Waals surface area contributed by atoms with Crippen LogP contribution in [0.2, 0.25) is 0 Å². The molecule has 0 aromatic heterocycles. The van der Waals surface area contributed by atoms with E-state index in [1.165, 1.54) is 13.2 Å². The van der Waals surface area contributed by atoms with Gasteiger partial charge in [0.05, 0.1) is 18.5 Å². The van der Waals surface area contributed by atoms with E-state index in [0.717, 1.165) is 32.7 Å². The van der Waals surface area contributed by atoms with Gasteiger partial charge in [0.1, 0.15) is 5.82 Å². The number of rotatable bonds is 4. The van der Waals surface area contributed by atoms with Crippen molar-refractivity contribution < 1.29 is 13.9 Å². The molecule has 2 rings (SSSR count). The summed E-state index contributed by atoms with van der Waals surface area (Å²) < 4.78 is 18.9. The Morgan fingerprint density at radius 3 is 2.61 bits per heavy atom. The number of nitrogens with one attached hydrogen (secondary N) is 1. The fourth-order valence-electron chi connectivity index (χ4n) is 2.53. The maximum absolute atomic E-state index is 14.4. The zero-order valence-corrected chi connectivity index (χ0v) is 13.8.